The summed E-state index contributed by atoms with van der Waals surface area (Å²) in [5.41, 5.74) is -0.479. The van der Waals surface area contributed by atoms with E-state index in [2.05, 4.69) is 15.4 Å². The van der Waals surface area contributed by atoms with Crippen molar-refractivity contribution < 1.29 is 24.2 Å². The second-order valence-corrected chi connectivity index (χ2v) is 5.72. The Labute approximate surface area is 144 Å². The van der Waals surface area contributed by atoms with Crippen LogP contribution in [0.3, 0.4) is 0 Å². The molecule has 9 heteroatoms. The lowest BCUT2D eigenvalue weighted by molar-refractivity contribution is -0.146. The summed E-state index contributed by atoms with van der Waals surface area (Å²) in [7, 11) is 1.56. The van der Waals surface area contributed by atoms with Crippen LogP contribution in [-0.2, 0) is 15.1 Å². The third-order valence-corrected chi connectivity index (χ3v) is 3.47. The van der Waals surface area contributed by atoms with E-state index in [1.165, 1.54) is 43.2 Å². The summed E-state index contributed by atoms with van der Waals surface area (Å²) < 4.78 is 11.5. The Bertz CT molecular complexity index is 756. The van der Waals surface area contributed by atoms with E-state index in [-0.39, 0.29) is 5.91 Å². The number of aromatic nitrogens is 3. The predicted molar refractivity (Wildman–Crippen MR) is 88.7 cm³/mol. The summed E-state index contributed by atoms with van der Waals surface area (Å²) in [5, 5.41) is 15.9. The van der Waals surface area contributed by atoms with Gasteiger partial charge < -0.3 is 19.9 Å². The number of carboxylic acid groups (broad SMARTS) is 1. The Hall–Kier alpha value is -2.94. The first-order chi connectivity index (χ1) is 11.8. The molecule has 1 amide bonds. The largest absolute Gasteiger partial charge is 0.479 e. The van der Waals surface area contributed by atoms with Gasteiger partial charge in [-0.15, -0.1) is 0 Å². The van der Waals surface area contributed by atoms with E-state index >= 15 is 0 Å². The number of pyridine rings is 1. The predicted octanol–water partition coefficient (Wildman–Crippen LogP) is 1.38. The van der Waals surface area contributed by atoms with Gasteiger partial charge in [-0.3, -0.25) is 9.48 Å². The minimum absolute atomic E-state index is 0.312. The molecule has 0 atom stereocenters. The number of amides is 1. The fraction of sp³-hybridized carbons (Fsp3) is 0.375. The monoisotopic (exact) mass is 348 g/mol. The first-order valence-electron chi connectivity index (χ1n) is 7.52. The fourth-order valence-corrected chi connectivity index (χ4v) is 1.85. The molecule has 2 heterocycles. The number of carbonyl (C=O) groups is 2. The van der Waals surface area contributed by atoms with Crippen molar-refractivity contribution in [2.24, 2.45) is 0 Å². The molecular formula is C16H20N4O5. The number of carbonyl (C=O) groups excluding carboxylic acids is 1. The molecule has 2 aromatic heterocycles. The maximum atomic E-state index is 12.3. The Morgan fingerprint density at radius 1 is 1.36 bits per heavy atom. The standard InChI is InChI=1S/C16H20N4O5/c1-16(2,15(22)23)20-10-12(9-18-20)19-14(21)11-4-5-17-13(8-11)25-7-6-24-3/h4-5,8-10H,6-7H2,1-3H3,(H,19,21)(H,22,23). The third-order valence-electron chi connectivity index (χ3n) is 3.47. The number of carboxylic acids is 1. The molecule has 2 aromatic rings. The Morgan fingerprint density at radius 2 is 2.12 bits per heavy atom. The molecule has 0 radical (unpaired) electrons. The van der Waals surface area contributed by atoms with Crippen molar-refractivity contribution in [3.05, 3.63) is 36.3 Å². The molecule has 9 nitrogen and oxygen atoms in total. The van der Waals surface area contributed by atoms with Gasteiger partial charge in [0.2, 0.25) is 5.88 Å². The maximum absolute atomic E-state index is 12.3. The van der Waals surface area contributed by atoms with E-state index in [1.54, 1.807) is 13.2 Å². The van der Waals surface area contributed by atoms with Gasteiger partial charge >= 0.3 is 5.97 Å². The summed E-state index contributed by atoms with van der Waals surface area (Å²) >= 11 is 0. The summed E-state index contributed by atoms with van der Waals surface area (Å²) in [6, 6.07) is 3.06. The molecule has 134 valence electrons. The van der Waals surface area contributed by atoms with Crippen LogP contribution in [0.5, 0.6) is 5.88 Å². The lowest BCUT2D eigenvalue weighted by atomic mass is 10.1. The van der Waals surface area contributed by atoms with Crippen LogP contribution in [0.4, 0.5) is 5.69 Å². The molecule has 0 spiro atoms. The molecule has 0 fully saturated rings. The van der Waals surface area contributed by atoms with E-state index in [9.17, 15) is 14.7 Å². The van der Waals surface area contributed by atoms with E-state index in [0.717, 1.165) is 0 Å². The van der Waals surface area contributed by atoms with E-state index < -0.39 is 11.5 Å². The molecule has 0 saturated carbocycles. The number of ether oxygens (including phenoxy) is 2. The zero-order chi connectivity index (χ0) is 18.4. The zero-order valence-electron chi connectivity index (χ0n) is 14.2. The second kappa shape index (κ2) is 7.75. The van der Waals surface area contributed by atoms with E-state index in [4.69, 9.17) is 9.47 Å². The van der Waals surface area contributed by atoms with Crippen molar-refractivity contribution in [2.45, 2.75) is 19.4 Å². The van der Waals surface area contributed by atoms with Crippen molar-refractivity contribution in [3.8, 4) is 5.88 Å². The lowest BCUT2D eigenvalue weighted by Gasteiger charge is -2.19. The van der Waals surface area contributed by atoms with Gasteiger partial charge in [-0.1, -0.05) is 0 Å². The Balaban J connectivity index is 2.06. The number of aliphatic carboxylic acids is 1. The second-order valence-electron chi connectivity index (χ2n) is 5.72. The highest BCUT2D eigenvalue weighted by Crippen LogP contribution is 2.18. The minimum atomic E-state index is -1.22. The molecular weight excluding hydrogens is 328 g/mol. The van der Waals surface area contributed by atoms with Crippen LogP contribution in [-0.4, -0.2) is 52.1 Å². The molecule has 25 heavy (non-hydrogen) atoms. The SMILES string of the molecule is COCCOc1cc(C(=O)Nc2cnn(C(C)(C)C(=O)O)c2)ccn1. The quantitative estimate of drug-likeness (QED) is 0.692. The molecule has 0 aliphatic rings. The number of nitrogens with one attached hydrogen (secondary N) is 1. The third kappa shape index (κ3) is 4.54. The summed E-state index contributed by atoms with van der Waals surface area (Å²) in [6.07, 6.45) is 4.32. The Kier molecular flexibility index (Phi) is 5.71. The number of nitrogens with zero attached hydrogens (tertiary/aromatic N) is 3. The van der Waals surface area contributed by atoms with Crippen LogP contribution in [0.2, 0.25) is 0 Å². The number of rotatable bonds is 8. The van der Waals surface area contributed by atoms with Crippen molar-refractivity contribution in [2.75, 3.05) is 25.6 Å². The highest BCUT2D eigenvalue weighted by atomic mass is 16.5. The summed E-state index contributed by atoms with van der Waals surface area (Å²) in [4.78, 5) is 27.6. The highest BCUT2D eigenvalue weighted by Gasteiger charge is 2.30. The number of hydrogen-bond donors (Lipinski definition) is 2. The molecule has 0 bridgehead atoms. The van der Waals surface area contributed by atoms with Gasteiger partial charge in [0, 0.05) is 31.1 Å². The first kappa shape index (κ1) is 18.4. The molecule has 2 N–H and O–H groups in total. The van der Waals surface area contributed by atoms with Gasteiger partial charge in [0.25, 0.3) is 5.91 Å². The van der Waals surface area contributed by atoms with Crippen LogP contribution in [0.1, 0.15) is 24.2 Å². The van der Waals surface area contributed by atoms with Gasteiger partial charge in [-0.05, 0) is 19.9 Å². The van der Waals surface area contributed by atoms with Gasteiger partial charge in [0.15, 0.2) is 5.54 Å². The van der Waals surface area contributed by atoms with Crippen molar-refractivity contribution >= 4 is 17.6 Å². The smallest absolute Gasteiger partial charge is 0.331 e. The fourth-order valence-electron chi connectivity index (χ4n) is 1.85. The average molecular weight is 348 g/mol. The van der Waals surface area contributed by atoms with Gasteiger partial charge in [-0.25, -0.2) is 9.78 Å². The van der Waals surface area contributed by atoms with Crippen LogP contribution in [0.15, 0.2) is 30.7 Å². The summed E-state index contributed by atoms with van der Waals surface area (Å²) in [5.74, 6) is -1.10. The lowest BCUT2D eigenvalue weighted by Crippen LogP contribution is -2.35. The van der Waals surface area contributed by atoms with E-state index in [1.807, 2.05) is 0 Å². The zero-order valence-corrected chi connectivity index (χ0v) is 14.2. The van der Waals surface area contributed by atoms with Crippen LogP contribution >= 0.6 is 0 Å². The van der Waals surface area contributed by atoms with E-state index in [0.29, 0.717) is 30.3 Å². The molecule has 0 saturated heterocycles. The molecule has 0 aromatic carbocycles. The number of methoxy groups -OCH3 is 1. The molecule has 0 unspecified atom stereocenters. The maximum Gasteiger partial charge on any atom is 0.331 e. The Morgan fingerprint density at radius 3 is 2.80 bits per heavy atom. The van der Waals surface area contributed by atoms with Crippen molar-refractivity contribution in [1.82, 2.24) is 14.8 Å². The van der Waals surface area contributed by atoms with Crippen molar-refractivity contribution in [1.29, 1.82) is 0 Å². The van der Waals surface area contributed by atoms with Crippen LogP contribution in [0.25, 0.3) is 0 Å². The first-order valence-corrected chi connectivity index (χ1v) is 7.52. The van der Waals surface area contributed by atoms with Crippen LogP contribution < -0.4 is 10.1 Å². The average Bonchev–Trinajstić information content (AvgIpc) is 3.04. The topological polar surface area (TPSA) is 116 Å². The highest BCUT2D eigenvalue weighted by molar-refractivity contribution is 6.04. The van der Waals surface area contributed by atoms with Crippen LogP contribution in [0, 0.1) is 0 Å². The molecule has 0 aliphatic heterocycles. The minimum Gasteiger partial charge on any atom is -0.479 e. The normalized spacial score (nSPS) is 11.2. The van der Waals surface area contributed by atoms with Gasteiger partial charge in [0.1, 0.15) is 6.61 Å². The summed E-state index contributed by atoms with van der Waals surface area (Å²) in [6.45, 7) is 3.77. The van der Waals surface area contributed by atoms with Gasteiger partial charge in [-0.2, -0.15) is 5.10 Å². The molecule has 0 aliphatic carbocycles. The van der Waals surface area contributed by atoms with Crippen molar-refractivity contribution in [3.63, 3.8) is 0 Å². The number of hydrogen-bond acceptors (Lipinski definition) is 6. The molecule has 2 rings (SSSR count). The number of anilines is 1. The van der Waals surface area contributed by atoms with Gasteiger partial charge in [0.05, 0.1) is 18.5 Å².